The lowest BCUT2D eigenvalue weighted by atomic mass is 10.1. The number of hydrogen-bond acceptors (Lipinski definition) is 1. The second-order valence-corrected chi connectivity index (χ2v) is 3.48. The fourth-order valence-electron chi connectivity index (χ4n) is 1.30. The molecule has 1 saturated carbocycles. The van der Waals surface area contributed by atoms with E-state index in [0.29, 0.717) is 11.8 Å². The van der Waals surface area contributed by atoms with Crippen molar-refractivity contribution in [2.45, 2.75) is 19.2 Å². The molecule has 0 spiro atoms. The number of aldehydes is 1. The fraction of sp³-hybridized carbons (Fsp3) is 0.857. The average Bonchev–Trinajstić information content (AvgIpc) is 2.40. The van der Waals surface area contributed by atoms with Gasteiger partial charge in [-0.1, -0.05) is 13.8 Å². The third-order valence-corrected chi connectivity index (χ3v) is 2.55. The second kappa shape index (κ2) is 2.30. The van der Waals surface area contributed by atoms with Gasteiger partial charge in [-0.25, -0.2) is 0 Å². The van der Waals surface area contributed by atoms with E-state index in [-0.39, 0.29) is 11.3 Å². The quantitative estimate of drug-likeness (QED) is 0.428. The summed E-state index contributed by atoms with van der Waals surface area (Å²) in [6, 6.07) is 0. The molecule has 2 heteroatoms. The maximum atomic E-state index is 10.2. The van der Waals surface area contributed by atoms with Gasteiger partial charge in [0.25, 0.3) is 0 Å². The maximum Gasteiger partial charge on any atom is 0.124 e. The fourth-order valence-corrected chi connectivity index (χ4v) is 1.90. The predicted octanol–water partition coefficient (Wildman–Crippen LogP) is 1.69. The highest BCUT2D eigenvalue weighted by Crippen LogP contribution is 2.47. The van der Waals surface area contributed by atoms with Gasteiger partial charge in [-0.2, -0.15) is 0 Å². The van der Waals surface area contributed by atoms with Crippen molar-refractivity contribution in [3.63, 3.8) is 0 Å². The first-order valence-electron chi connectivity index (χ1n) is 3.28. The van der Waals surface area contributed by atoms with Crippen molar-refractivity contribution >= 4 is 17.9 Å². The summed E-state index contributed by atoms with van der Waals surface area (Å²) in [5.41, 5.74) is 0. The molecule has 52 valence electrons. The van der Waals surface area contributed by atoms with E-state index < -0.39 is 0 Å². The van der Waals surface area contributed by atoms with Gasteiger partial charge in [-0.05, 0) is 11.8 Å². The Labute approximate surface area is 60.4 Å². The molecule has 0 aromatic rings. The van der Waals surface area contributed by atoms with E-state index in [2.05, 4.69) is 13.8 Å². The molecule has 9 heavy (non-hydrogen) atoms. The molecule has 1 fully saturated rings. The van der Waals surface area contributed by atoms with Crippen LogP contribution < -0.4 is 0 Å². The first-order valence-corrected chi connectivity index (χ1v) is 3.71. The molecule has 0 N–H and O–H groups in total. The maximum absolute atomic E-state index is 10.2. The number of carbonyl (C=O) groups is 1. The Bertz CT molecular complexity index is 122. The van der Waals surface area contributed by atoms with Crippen molar-refractivity contribution in [2.75, 3.05) is 0 Å². The molecule has 0 aromatic carbocycles. The number of rotatable bonds is 2. The van der Waals surface area contributed by atoms with Crippen LogP contribution in [0.4, 0.5) is 0 Å². The number of alkyl halides is 1. The zero-order chi connectivity index (χ0) is 7.02. The van der Waals surface area contributed by atoms with Crippen molar-refractivity contribution in [1.82, 2.24) is 0 Å². The molecule has 0 radical (unpaired) electrons. The first kappa shape index (κ1) is 7.07. The van der Waals surface area contributed by atoms with Crippen LogP contribution in [-0.2, 0) is 4.79 Å². The molecular formula is C7H11ClO. The van der Waals surface area contributed by atoms with E-state index in [1.165, 1.54) is 0 Å². The van der Waals surface area contributed by atoms with E-state index in [4.69, 9.17) is 11.6 Å². The largest absolute Gasteiger partial charge is 0.303 e. The second-order valence-electron chi connectivity index (χ2n) is 2.98. The van der Waals surface area contributed by atoms with E-state index in [9.17, 15) is 4.79 Å². The minimum Gasteiger partial charge on any atom is -0.303 e. The minimum absolute atomic E-state index is 0.127. The molecule has 0 saturated heterocycles. The third-order valence-electron chi connectivity index (χ3n) is 1.97. The molecule has 3 atom stereocenters. The average molecular weight is 147 g/mol. The third kappa shape index (κ3) is 1.11. The minimum atomic E-state index is 0.127. The van der Waals surface area contributed by atoms with Gasteiger partial charge in [0, 0.05) is 11.3 Å². The summed E-state index contributed by atoms with van der Waals surface area (Å²) in [6.45, 7) is 4.20. The van der Waals surface area contributed by atoms with Gasteiger partial charge >= 0.3 is 0 Å². The Balaban J connectivity index is 2.41. The zero-order valence-electron chi connectivity index (χ0n) is 5.67. The van der Waals surface area contributed by atoms with Crippen LogP contribution in [0.2, 0.25) is 0 Å². The normalized spacial score (nSPS) is 41.1. The lowest BCUT2D eigenvalue weighted by Crippen LogP contribution is -1.93. The van der Waals surface area contributed by atoms with Crippen molar-refractivity contribution < 1.29 is 4.79 Å². The summed E-state index contributed by atoms with van der Waals surface area (Å²) < 4.78 is 0. The molecule has 1 aliphatic carbocycles. The topological polar surface area (TPSA) is 17.1 Å². The molecule has 0 bridgehead atoms. The summed E-state index contributed by atoms with van der Waals surface area (Å²) in [5, 5.41) is 0.127. The molecule has 1 aliphatic rings. The van der Waals surface area contributed by atoms with Crippen LogP contribution >= 0.6 is 11.6 Å². The van der Waals surface area contributed by atoms with Crippen molar-refractivity contribution in [2.24, 2.45) is 17.8 Å². The van der Waals surface area contributed by atoms with Gasteiger partial charge in [0.1, 0.15) is 6.29 Å². The van der Waals surface area contributed by atoms with Crippen LogP contribution in [0.5, 0.6) is 0 Å². The van der Waals surface area contributed by atoms with Gasteiger partial charge in [0.2, 0.25) is 0 Å². The van der Waals surface area contributed by atoms with Gasteiger partial charge in [0.15, 0.2) is 0 Å². The van der Waals surface area contributed by atoms with Crippen LogP contribution in [0.3, 0.4) is 0 Å². The smallest absolute Gasteiger partial charge is 0.124 e. The molecule has 0 aliphatic heterocycles. The highest BCUT2D eigenvalue weighted by Gasteiger charge is 2.50. The molecular weight excluding hydrogens is 136 g/mol. The number of carbonyl (C=O) groups excluding carboxylic acids is 1. The molecule has 0 amide bonds. The molecule has 0 heterocycles. The lowest BCUT2D eigenvalue weighted by molar-refractivity contribution is -0.109. The highest BCUT2D eigenvalue weighted by atomic mass is 35.5. The molecule has 1 nitrogen and oxygen atoms in total. The molecule has 1 rings (SSSR count). The van der Waals surface area contributed by atoms with E-state index in [0.717, 1.165) is 6.29 Å². The van der Waals surface area contributed by atoms with Crippen LogP contribution in [0.25, 0.3) is 0 Å². The summed E-state index contributed by atoms with van der Waals surface area (Å²) in [7, 11) is 0. The zero-order valence-corrected chi connectivity index (χ0v) is 6.43. The standard InChI is InChI=1S/C7H11ClO/c1-4(2)6-5(3-9)7(6)8/h3-7H,1-2H3/t5-,6-,7-/m0/s1. The summed E-state index contributed by atoms with van der Waals surface area (Å²) >= 11 is 5.78. The number of hydrogen-bond donors (Lipinski definition) is 0. The van der Waals surface area contributed by atoms with Crippen molar-refractivity contribution in [1.29, 1.82) is 0 Å². The molecule has 0 aromatic heterocycles. The van der Waals surface area contributed by atoms with Crippen molar-refractivity contribution in [3.8, 4) is 0 Å². The monoisotopic (exact) mass is 146 g/mol. The Morgan fingerprint density at radius 1 is 1.56 bits per heavy atom. The summed E-state index contributed by atoms with van der Waals surface area (Å²) in [6.07, 6.45) is 0.975. The lowest BCUT2D eigenvalue weighted by Gasteiger charge is -1.97. The first-order chi connectivity index (χ1) is 4.18. The van der Waals surface area contributed by atoms with Crippen LogP contribution in [-0.4, -0.2) is 11.7 Å². The van der Waals surface area contributed by atoms with Gasteiger partial charge in [-0.3, -0.25) is 0 Å². The van der Waals surface area contributed by atoms with Crippen LogP contribution in [0, 0.1) is 17.8 Å². The Kier molecular flexibility index (Phi) is 1.80. The summed E-state index contributed by atoms with van der Waals surface area (Å²) in [5.74, 6) is 1.15. The highest BCUT2D eigenvalue weighted by molar-refractivity contribution is 6.24. The van der Waals surface area contributed by atoms with Crippen LogP contribution in [0.1, 0.15) is 13.8 Å². The number of halogens is 1. The van der Waals surface area contributed by atoms with E-state index >= 15 is 0 Å². The molecule has 0 unspecified atom stereocenters. The predicted molar refractivity (Wildman–Crippen MR) is 37.5 cm³/mol. The van der Waals surface area contributed by atoms with E-state index in [1.54, 1.807) is 0 Å². The van der Waals surface area contributed by atoms with Gasteiger partial charge in [-0.15, -0.1) is 11.6 Å². The van der Waals surface area contributed by atoms with Crippen molar-refractivity contribution in [3.05, 3.63) is 0 Å². The Morgan fingerprint density at radius 2 is 2.11 bits per heavy atom. The van der Waals surface area contributed by atoms with E-state index in [1.807, 2.05) is 0 Å². The Morgan fingerprint density at radius 3 is 2.22 bits per heavy atom. The Hall–Kier alpha value is -0.0400. The summed E-state index contributed by atoms with van der Waals surface area (Å²) in [4.78, 5) is 10.2. The SMILES string of the molecule is CC(C)[C@@H]1[C@@H](Cl)[C@H]1C=O. The van der Waals surface area contributed by atoms with Gasteiger partial charge < -0.3 is 4.79 Å². The van der Waals surface area contributed by atoms with Crippen LogP contribution in [0.15, 0.2) is 0 Å². The van der Waals surface area contributed by atoms with Gasteiger partial charge in [0.05, 0.1) is 0 Å².